The van der Waals surface area contributed by atoms with E-state index in [1.165, 1.54) is 5.56 Å². The average molecular weight is 260 g/mol. The van der Waals surface area contributed by atoms with Gasteiger partial charge in [0.2, 0.25) is 0 Å². The Morgan fingerprint density at radius 2 is 1.84 bits per heavy atom. The lowest BCUT2D eigenvalue weighted by atomic mass is 9.62. The highest BCUT2D eigenvalue weighted by molar-refractivity contribution is 5.21. The van der Waals surface area contributed by atoms with Crippen LogP contribution >= 0.6 is 0 Å². The zero-order valence-electron chi connectivity index (χ0n) is 12.1. The molecular weight excluding hydrogens is 236 g/mol. The van der Waals surface area contributed by atoms with E-state index in [0.717, 1.165) is 19.3 Å². The topological polar surface area (TPSA) is 29.5 Å². The standard InChI is InChI=1S/C17H24O2/c1-16(2)13-9-10-17(3,18)14(11-13)15(19-16)12-7-5-4-6-8-12/h4-8,13-15,18H,9-11H2,1-3H3/t13-,14+,15-,17-/m0/s1. The number of aliphatic hydroxyl groups is 1. The van der Waals surface area contributed by atoms with Crippen LogP contribution in [0.3, 0.4) is 0 Å². The van der Waals surface area contributed by atoms with Crippen LogP contribution in [0.5, 0.6) is 0 Å². The van der Waals surface area contributed by atoms with Gasteiger partial charge in [0.1, 0.15) is 0 Å². The van der Waals surface area contributed by atoms with E-state index >= 15 is 0 Å². The van der Waals surface area contributed by atoms with Crippen molar-refractivity contribution in [1.29, 1.82) is 0 Å². The van der Waals surface area contributed by atoms with Crippen LogP contribution in [0, 0.1) is 11.8 Å². The molecule has 1 aliphatic heterocycles. The fourth-order valence-corrected chi connectivity index (χ4v) is 3.86. The summed E-state index contributed by atoms with van der Waals surface area (Å²) in [5.74, 6) is 0.777. The van der Waals surface area contributed by atoms with Gasteiger partial charge in [-0.1, -0.05) is 30.3 Å². The van der Waals surface area contributed by atoms with Crippen molar-refractivity contribution >= 4 is 0 Å². The quantitative estimate of drug-likeness (QED) is 0.834. The smallest absolute Gasteiger partial charge is 0.0887 e. The van der Waals surface area contributed by atoms with E-state index in [1.54, 1.807) is 0 Å². The normalized spacial score (nSPS) is 40.9. The Morgan fingerprint density at radius 1 is 1.16 bits per heavy atom. The molecule has 0 spiro atoms. The third-order valence-corrected chi connectivity index (χ3v) is 5.24. The van der Waals surface area contributed by atoms with Crippen LogP contribution in [0.25, 0.3) is 0 Å². The van der Waals surface area contributed by atoms with Gasteiger partial charge in [-0.25, -0.2) is 0 Å². The van der Waals surface area contributed by atoms with E-state index in [4.69, 9.17) is 4.74 Å². The van der Waals surface area contributed by atoms with E-state index in [2.05, 4.69) is 38.1 Å². The van der Waals surface area contributed by atoms with Gasteiger partial charge in [-0.05, 0) is 51.5 Å². The summed E-state index contributed by atoms with van der Waals surface area (Å²) in [7, 11) is 0. The van der Waals surface area contributed by atoms with Crippen molar-refractivity contribution in [2.24, 2.45) is 11.8 Å². The van der Waals surface area contributed by atoms with Crippen molar-refractivity contribution in [3.05, 3.63) is 35.9 Å². The van der Waals surface area contributed by atoms with Crippen LogP contribution in [0.1, 0.15) is 51.7 Å². The van der Waals surface area contributed by atoms with E-state index in [9.17, 15) is 5.11 Å². The van der Waals surface area contributed by atoms with Gasteiger partial charge in [0.05, 0.1) is 17.3 Å². The second-order valence-electron chi connectivity index (χ2n) is 6.99. The molecule has 2 bridgehead atoms. The molecule has 1 heterocycles. The number of fused-ring (bicyclic) bond motifs is 2. The molecule has 0 unspecified atom stereocenters. The Hall–Kier alpha value is -0.860. The number of hydrogen-bond acceptors (Lipinski definition) is 2. The maximum atomic E-state index is 10.7. The maximum Gasteiger partial charge on any atom is 0.0887 e. The van der Waals surface area contributed by atoms with Crippen molar-refractivity contribution in [2.45, 2.75) is 57.3 Å². The minimum Gasteiger partial charge on any atom is -0.390 e. The van der Waals surface area contributed by atoms with Gasteiger partial charge in [0, 0.05) is 5.92 Å². The van der Waals surface area contributed by atoms with E-state index in [-0.39, 0.29) is 17.6 Å². The molecule has 19 heavy (non-hydrogen) atoms. The first-order valence-electron chi connectivity index (χ1n) is 7.35. The van der Waals surface area contributed by atoms with Gasteiger partial charge in [-0.15, -0.1) is 0 Å². The monoisotopic (exact) mass is 260 g/mol. The summed E-state index contributed by atoms with van der Waals surface area (Å²) in [5, 5.41) is 10.7. The van der Waals surface area contributed by atoms with E-state index in [1.807, 2.05) is 13.0 Å². The van der Waals surface area contributed by atoms with Gasteiger partial charge in [0.25, 0.3) is 0 Å². The molecule has 4 atom stereocenters. The Bertz CT molecular complexity index is 448. The molecule has 104 valence electrons. The molecule has 1 saturated carbocycles. The summed E-state index contributed by atoms with van der Waals surface area (Å²) in [6.07, 6.45) is 3.04. The third-order valence-electron chi connectivity index (χ3n) is 5.24. The highest BCUT2D eigenvalue weighted by Crippen LogP contribution is 2.54. The van der Waals surface area contributed by atoms with Crippen LogP contribution in [0.2, 0.25) is 0 Å². The largest absolute Gasteiger partial charge is 0.390 e. The first kappa shape index (κ1) is 13.1. The molecule has 0 amide bonds. The molecule has 3 rings (SSSR count). The first-order chi connectivity index (χ1) is 8.90. The molecule has 1 saturated heterocycles. The number of benzene rings is 1. The molecule has 0 aromatic heterocycles. The summed E-state index contributed by atoms with van der Waals surface area (Å²) in [5.41, 5.74) is 0.502. The first-order valence-corrected chi connectivity index (χ1v) is 7.35. The molecule has 1 N–H and O–H groups in total. The maximum absolute atomic E-state index is 10.7. The van der Waals surface area contributed by atoms with Crippen molar-refractivity contribution in [3.8, 4) is 0 Å². The Kier molecular flexibility index (Phi) is 2.99. The molecule has 2 aliphatic rings. The average Bonchev–Trinajstić information content (AvgIpc) is 2.36. The highest BCUT2D eigenvalue weighted by atomic mass is 16.5. The molecule has 1 aromatic rings. The Morgan fingerprint density at radius 3 is 2.53 bits per heavy atom. The van der Waals surface area contributed by atoms with Gasteiger partial charge in [0.15, 0.2) is 0 Å². The Balaban J connectivity index is 1.98. The van der Waals surface area contributed by atoms with Gasteiger partial charge < -0.3 is 9.84 Å². The van der Waals surface area contributed by atoms with Crippen molar-refractivity contribution in [3.63, 3.8) is 0 Å². The minimum absolute atomic E-state index is 0.0164. The third kappa shape index (κ3) is 2.21. The van der Waals surface area contributed by atoms with Crippen LogP contribution in [-0.4, -0.2) is 16.3 Å². The zero-order chi connectivity index (χ0) is 13.7. The lowest BCUT2D eigenvalue weighted by Gasteiger charge is -2.55. The van der Waals surface area contributed by atoms with Crippen LogP contribution in [0.4, 0.5) is 0 Å². The van der Waals surface area contributed by atoms with E-state index < -0.39 is 5.60 Å². The number of ether oxygens (including phenoxy) is 1. The van der Waals surface area contributed by atoms with Crippen molar-refractivity contribution in [1.82, 2.24) is 0 Å². The van der Waals surface area contributed by atoms with E-state index in [0.29, 0.717) is 5.92 Å². The van der Waals surface area contributed by atoms with Gasteiger partial charge in [-0.3, -0.25) is 0 Å². The van der Waals surface area contributed by atoms with Gasteiger partial charge in [-0.2, -0.15) is 0 Å². The summed E-state index contributed by atoms with van der Waals surface area (Å²) >= 11 is 0. The lowest BCUT2D eigenvalue weighted by Crippen LogP contribution is -2.54. The number of hydrogen-bond donors (Lipinski definition) is 1. The van der Waals surface area contributed by atoms with Crippen molar-refractivity contribution < 1.29 is 9.84 Å². The van der Waals surface area contributed by atoms with Crippen LogP contribution in [0.15, 0.2) is 30.3 Å². The summed E-state index contributed by atoms with van der Waals surface area (Å²) in [6, 6.07) is 10.4. The molecular formula is C17H24O2. The second kappa shape index (κ2) is 4.32. The second-order valence-corrected chi connectivity index (χ2v) is 6.99. The molecule has 1 aliphatic carbocycles. The predicted octanol–water partition coefficient (Wildman–Crippen LogP) is 3.70. The van der Waals surface area contributed by atoms with Crippen LogP contribution in [-0.2, 0) is 4.74 Å². The van der Waals surface area contributed by atoms with Crippen molar-refractivity contribution in [2.75, 3.05) is 0 Å². The highest BCUT2D eigenvalue weighted by Gasteiger charge is 2.52. The molecule has 2 nitrogen and oxygen atoms in total. The molecule has 1 aromatic carbocycles. The summed E-state index contributed by atoms with van der Waals surface area (Å²) < 4.78 is 6.40. The fraction of sp³-hybridized carbons (Fsp3) is 0.647. The molecule has 2 fully saturated rings. The lowest BCUT2D eigenvalue weighted by molar-refractivity contribution is -0.232. The fourth-order valence-electron chi connectivity index (χ4n) is 3.86. The van der Waals surface area contributed by atoms with Crippen LogP contribution < -0.4 is 0 Å². The molecule has 0 radical (unpaired) electrons. The predicted molar refractivity (Wildman–Crippen MR) is 75.8 cm³/mol. The summed E-state index contributed by atoms with van der Waals surface area (Å²) in [4.78, 5) is 0. The Labute approximate surface area is 115 Å². The SMILES string of the molecule is CC1(C)O[C@@H](c2ccccc2)[C@H]2C[C@@H]1CC[C@]2(C)O. The molecule has 2 heteroatoms. The number of rotatable bonds is 1. The zero-order valence-corrected chi connectivity index (χ0v) is 12.1. The minimum atomic E-state index is -0.604. The summed E-state index contributed by atoms with van der Waals surface area (Å²) in [6.45, 7) is 6.37. The van der Waals surface area contributed by atoms with Gasteiger partial charge >= 0.3 is 0 Å².